The summed E-state index contributed by atoms with van der Waals surface area (Å²) in [6.07, 6.45) is 0. The molecule has 116 valence electrons. The highest BCUT2D eigenvalue weighted by Gasteiger charge is 2.15. The van der Waals surface area contributed by atoms with Gasteiger partial charge in [0.05, 0.1) is 12.1 Å². The zero-order valence-electron chi connectivity index (χ0n) is 12.5. The van der Waals surface area contributed by atoms with E-state index < -0.39 is 0 Å². The molecule has 0 N–H and O–H groups in total. The van der Waals surface area contributed by atoms with Gasteiger partial charge in [0.15, 0.2) is 0 Å². The van der Waals surface area contributed by atoms with Gasteiger partial charge in [0.2, 0.25) is 0 Å². The molecule has 0 fully saturated rings. The molecule has 0 saturated heterocycles. The number of hydrogen-bond acceptors (Lipinski definition) is 2. The third kappa shape index (κ3) is 4.31. The number of carbonyl (C=O) groups excluding carboxylic acids is 1. The van der Waals surface area contributed by atoms with Crippen LogP contribution in [0.4, 0.5) is 4.39 Å². The van der Waals surface area contributed by atoms with Gasteiger partial charge in [0.25, 0.3) is 5.91 Å². The van der Waals surface area contributed by atoms with Crippen LogP contribution in [0.5, 0.6) is 5.75 Å². The van der Waals surface area contributed by atoms with Gasteiger partial charge in [-0.3, -0.25) is 4.79 Å². The molecule has 0 unspecified atom stereocenters. The lowest BCUT2D eigenvalue weighted by atomic mass is 10.2. The Bertz CT molecular complexity index is 675. The second kappa shape index (κ2) is 7.40. The minimum Gasteiger partial charge on any atom is -0.492 e. The Morgan fingerprint density at radius 3 is 2.73 bits per heavy atom. The van der Waals surface area contributed by atoms with Gasteiger partial charge >= 0.3 is 0 Å². The molecular weight excluding hydrogens is 349 g/mol. The topological polar surface area (TPSA) is 29.5 Å². The number of halogens is 2. The summed E-state index contributed by atoms with van der Waals surface area (Å²) in [4.78, 5) is 13.8. The van der Waals surface area contributed by atoms with Gasteiger partial charge in [0.1, 0.15) is 18.2 Å². The first-order valence-electron chi connectivity index (χ1n) is 6.87. The van der Waals surface area contributed by atoms with E-state index in [0.29, 0.717) is 23.2 Å². The van der Waals surface area contributed by atoms with Gasteiger partial charge in [0, 0.05) is 11.5 Å². The fraction of sp³-hybridized carbons (Fsp3) is 0.235. The van der Waals surface area contributed by atoms with Crippen molar-refractivity contribution in [3.05, 3.63) is 63.9 Å². The second-order valence-corrected chi connectivity index (χ2v) is 5.87. The van der Waals surface area contributed by atoms with Crippen LogP contribution >= 0.6 is 15.9 Å². The molecule has 2 aromatic carbocycles. The van der Waals surface area contributed by atoms with Crippen LogP contribution in [0.15, 0.2) is 46.9 Å². The SMILES string of the molecule is Cc1cccc(OCCN(C)C(=O)c2ccc(F)cc2Br)c1. The van der Waals surface area contributed by atoms with Crippen molar-refractivity contribution in [3.8, 4) is 5.75 Å². The highest BCUT2D eigenvalue weighted by Crippen LogP contribution is 2.19. The maximum absolute atomic E-state index is 13.1. The standard InChI is InChI=1S/C17H17BrFNO2/c1-12-4-3-5-14(10-12)22-9-8-20(2)17(21)15-7-6-13(19)11-16(15)18/h3-7,10-11H,8-9H2,1-2H3. The molecule has 0 bridgehead atoms. The van der Waals surface area contributed by atoms with E-state index in [-0.39, 0.29) is 11.7 Å². The van der Waals surface area contributed by atoms with E-state index in [2.05, 4.69) is 15.9 Å². The summed E-state index contributed by atoms with van der Waals surface area (Å²) in [6, 6.07) is 11.8. The van der Waals surface area contributed by atoms with Crippen LogP contribution in [0.2, 0.25) is 0 Å². The number of ether oxygens (including phenoxy) is 1. The van der Waals surface area contributed by atoms with Crippen molar-refractivity contribution in [1.82, 2.24) is 4.90 Å². The molecule has 3 nitrogen and oxygen atoms in total. The molecule has 0 spiro atoms. The summed E-state index contributed by atoms with van der Waals surface area (Å²) in [5.74, 6) is 0.220. The van der Waals surface area contributed by atoms with Gasteiger partial charge in [-0.15, -0.1) is 0 Å². The second-order valence-electron chi connectivity index (χ2n) is 5.02. The third-order valence-corrected chi connectivity index (χ3v) is 3.85. The van der Waals surface area contributed by atoms with Crippen molar-refractivity contribution in [2.24, 2.45) is 0 Å². The molecule has 0 aromatic heterocycles. The van der Waals surface area contributed by atoms with Gasteiger partial charge in [-0.2, -0.15) is 0 Å². The predicted molar refractivity (Wildman–Crippen MR) is 87.7 cm³/mol. The van der Waals surface area contributed by atoms with E-state index in [9.17, 15) is 9.18 Å². The minimum atomic E-state index is -0.381. The van der Waals surface area contributed by atoms with E-state index in [1.54, 1.807) is 11.9 Å². The molecule has 0 saturated carbocycles. The molecule has 2 rings (SSSR count). The lowest BCUT2D eigenvalue weighted by molar-refractivity contribution is 0.0773. The Balaban J connectivity index is 1.91. The maximum Gasteiger partial charge on any atom is 0.254 e. The van der Waals surface area contributed by atoms with Crippen molar-refractivity contribution < 1.29 is 13.9 Å². The van der Waals surface area contributed by atoms with E-state index in [0.717, 1.165) is 11.3 Å². The predicted octanol–water partition coefficient (Wildman–Crippen LogP) is 4.05. The van der Waals surface area contributed by atoms with E-state index in [1.807, 2.05) is 31.2 Å². The number of aryl methyl sites for hydroxylation is 1. The number of nitrogens with zero attached hydrogens (tertiary/aromatic N) is 1. The van der Waals surface area contributed by atoms with Crippen LogP contribution in [-0.2, 0) is 0 Å². The molecule has 0 aliphatic carbocycles. The number of benzene rings is 2. The minimum absolute atomic E-state index is 0.181. The number of likely N-dealkylation sites (N-methyl/N-ethyl adjacent to an activating group) is 1. The average molecular weight is 366 g/mol. The summed E-state index contributed by atoms with van der Waals surface area (Å²) in [7, 11) is 1.69. The van der Waals surface area contributed by atoms with Gasteiger partial charge < -0.3 is 9.64 Å². The molecule has 1 amide bonds. The highest BCUT2D eigenvalue weighted by molar-refractivity contribution is 9.10. The largest absolute Gasteiger partial charge is 0.492 e. The van der Waals surface area contributed by atoms with E-state index in [4.69, 9.17) is 4.74 Å². The van der Waals surface area contributed by atoms with Gasteiger partial charge in [-0.1, -0.05) is 12.1 Å². The summed E-state index contributed by atoms with van der Waals surface area (Å²) >= 11 is 3.21. The molecular formula is C17H17BrFNO2. The monoisotopic (exact) mass is 365 g/mol. The first-order valence-corrected chi connectivity index (χ1v) is 7.66. The van der Waals surface area contributed by atoms with Gasteiger partial charge in [-0.25, -0.2) is 4.39 Å². The first-order chi connectivity index (χ1) is 10.5. The van der Waals surface area contributed by atoms with Crippen molar-refractivity contribution >= 4 is 21.8 Å². The molecule has 0 heterocycles. The molecule has 0 atom stereocenters. The van der Waals surface area contributed by atoms with Crippen molar-refractivity contribution in [3.63, 3.8) is 0 Å². The highest BCUT2D eigenvalue weighted by atomic mass is 79.9. The Kier molecular flexibility index (Phi) is 5.55. The van der Waals surface area contributed by atoms with Crippen LogP contribution in [0.3, 0.4) is 0 Å². The Labute approximate surface area is 137 Å². The van der Waals surface area contributed by atoms with Crippen LogP contribution in [0.1, 0.15) is 15.9 Å². The molecule has 2 aromatic rings. The summed E-state index contributed by atoms with van der Waals surface area (Å²) in [5, 5.41) is 0. The molecule has 0 aliphatic rings. The summed E-state index contributed by atoms with van der Waals surface area (Å²) in [5.41, 5.74) is 1.55. The molecule has 5 heteroatoms. The number of hydrogen-bond donors (Lipinski definition) is 0. The average Bonchev–Trinajstić information content (AvgIpc) is 2.46. The lowest BCUT2D eigenvalue weighted by Crippen LogP contribution is -2.31. The molecule has 0 aliphatic heterocycles. The van der Waals surface area contributed by atoms with Crippen molar-refractivity contribution in [1.29, 1.82) is 0 Å². The third-order valence-electron chi connectivity index (χ3n) is 3.19. The number of rotatable bonds is 5. The van der Waals surface area contributed by atoms with Crippen LogP contribution in [0.25, 0.3) is 0 Å². The summed E-state index contributed by atoms with van der Waals surface area (Å²) in [6.45, 7) is 2.83. The fourth-order valence-electron chi connectivity index (χ4n) is 1.98. The van der Waals surface area contributed by atoms with Crippen molar-refractivity contribution in [2.45, 2.75) is 6.92 Å². The maximum atomic E-state index is 13.1. The number of carbonyl (C=O) groups is 1. The number of amides is 1. The molecule has 0 radical (unpaired) electrons. The smallest absolute Gasteiger partial charge is 0.254 e. The van der Waals surface area contributed by atoms with Crippen LogP contribution in [-0.4, -0.2) is 31.0 Å². The molecule has 22 heavy (non-hydrogen) atoms. The normalized spacial score (nSPS) is 10.4. The first kappa shape index (κ1) is 16.5. The zero-order chi connectivity index (χ0) is 16.1. The Morgan fingerprint density at radius 2 is 2.05 bits per heavy atom. The lowest BCUT2D eigenvalue weighted by Gasteiger charge is -2.18. The Morgan fingerprint density at radius 1 is 1.27 bits per heavy atom. The Hall–Kier alpha value is -1.88. The van der Waals surface area contributed by atoms with Crippen LogP contribution in [0, 0.1) is 12.7 Å². The van der Waals surface area contributed by atoms with E-state index in [1.165, 1.54) is 18.2 Å². The van der Waals surface area contributed by atoms with Gasteiger partial charge in [-0.05, 0) is 58.7 Å². The van der Waals surface area contributed by atoms with Crippen molar-refractivity contribution in [2.75, 3.05) is 20.2 Å². The van der Waals surface area contributed by atoms with Crippen LogP contribution < -0.4 is 4.74 Å². The fourth-order valence-corrected chi connectivity index (χ4v) is 2.50. The van der Waals surface area contributed by atoms with E-state index >= 15 is 0 Å². The quantitative estimate of drug-likeness (QED) is 0.799. The summed E-state index contributed by atoms with van der Waals surface area (Å²) < 4.78 is 19.1. The zero-order valence-corrected chi connectivity index (χ0v) is 14.1.